The van der Waals surface area contributed by atoms with Gasteiger partial charge >= 0.3 is 0 Å². The number of hydrogen-bond acceptors (Lipinski definition) is 3. The van der Waals surface area contributed by atoms with E-state index >= 15 is 0 Å². The summed E-state index contributed by atoms with van der Waals surface area (Å²) in [4.78, 5) is 13.9. The Bertz CT molecular complexity index is 431. The highest BCUT2D eigenvalue weighted by Gasteiger charge is 2.22. The number of benzene rings is 1. The van der Waals surface area contributed by atoms with Crippen LogP contribution in [0.1, 0.15) is 19.3 Å². The van der Waals surface area contributed by atoms with Crippen molar-refractivity contribution in [2.75, 3.05) is 31.1 Å². The minimum Gasteiger partial charge on any atom is -0.362 e. The van der Waals surface area contributed by atoms with Crippen LogP contribution in [0.3, 0.4) is 0 Å². The van der Waals surface area contributed by atoms with Crippen LogP contribution in [0.2, 0.25) is 0 Å². The summed E-state index contributed by atoms with van der Waals surface area (Å²) in [6.07, 6.45) is 3.23. The topological polar surface area (TPSA) is 58.4 Å². The van der Waals surface area contributed by atoms with Crippen molar-refractivity contribution in [1.82, 2.24) is 5.32 Å². The predicted molar refractivity (Wildman–Crippen MR) is 78.0 cm³/mol. The van der Waals surface area contributed by atoms with Crippen LogP contribution in [-0.2, 0) is 4.79 Å². The van der Waals surface area contributed by atoms with Gasteiger partial charge in [0.1, 0.15) is 5.82 Å². The number of nitrogens with one attached hydrogen (secondary N) is 1. The summed E-state index contributed by atoms with van der Waals surface area (Å²) in [6, 6.07) is 6.21. The van der Waals surface area contributed by atoms with Crippen molar-refractivity contribution in [3.05, 3.63) is 30.1 Å². The zero-order valence-electron chi connectivity index (χ0n) is 11.6. The van der Waals surface area contributed by atoms with E-state index in [9.17, 15) is 9.18 Å². The molecular weight excluding hydrogens is 257 g/mol. The van der Waals surface area contributed by atoms with Gasteiger partial charge in [0.25, 0.3) is 0 Å². The standard InChI is InChI=1S/C15H22FN3O/c16-13-4-6-14(7-5-13)19(9-1-8-17)11-15(20)18-10-12-2-3-12/h4-7,12H,1-3,8-11,17H2,(H,18,20). The van der Waals surface area contributed by atoms with E-state index in [1.807, 2.05) is 4.90 Å². The van der Waals surface area contributed by atoms with E-state index in [0.717, 1.165) is 18.7 Å². The largest absolute Gasteiger partial charge is 0.362 e. The molecule has 1 aliphatic carbocycles. The third-order valence-corrected chi connectivity index (χ3v) is 3.44. The van der Waals surface area contributed by atoms with Crippen LogP contribution in [0.25, 0.3) is 0 Å². The molecule has 1 fully saturated rings. The molecule has 0 atom stereocenters. The van der Waals surface area contributed by atoms with Gasteiger partial charge in [-0.05, 0) is 56.0 Å². The van der Waals surface area contributed by atoms with Crippen molar-refractivity contribution in [1.29, 1.82) is 0 Å². The first-order valence-electron chi connectivity index (χ1n) is 7.16. The molecule has 0 radical (unpaired) electrons. The van der Waals surface area contributed by atoms with Crippen molar-refractivity contribution in [2.45, 2.75) is 19.3 Å². The third-order valence-electron chi connectivity index (χ3n) is 3.44. The molecule has 4 nitrogen and oxygen atoms in total. The zero-order valence-corrected chi connectivity index (χ0v) is 11.6. The highest BCUT2D eigenvalue weighted by Crippen LogP contribution is 2.27. The Hall–Kier alpha value is -1.62. The predicted octanol–water partition coefficient (Wildman–Crippen LogP) is 1.51. The molecule has 3 N–H and O–H groups in total. The summed E-state index contributed by atoms with van der Waals surface area (Å²) in [5, 5.41) is 2.95. The molecule has 1 aromatic rings. The Balaban J connectivity index is 1.91. The Morgan fingerprint density at radius 3 is 2.65 bits per heavy atom. The highest BCUT2D eigenvalue weighted by atomic mass is 19.1. The van der Waals surface area contributed by atoms with Crippen LogP contribution >= 0.6 is 0 Å². The fraction of sp³-hybridized carbons (Fsp3) is 0.533. The SMILES string of the molecule is NCCCN(CC(=O)NCC1CC1)c1ccc(F)cc1. The average Bonchev–Trinajstić information content (AvgIpc) is 3.26. The van der Waals surface area contributed by atoms with E-state index in [2.05, 4.69) is 5.32 Å². The van der Waals surface area contributed by atoms with Gasteiger partial charge in [0.2, 0.25) is 5.91 Å². The Morgan fingerprint density at radius 1 is 1.35 bits per heavy atom. The molecule has 0 saturated heterocycles. The number of rotatable bonds is 8. The first kappa shape index (κ1) is 14.8. The quantitative estimate of drug-likeness (QED) is 0.758. The molecule has 1 amide bonds. The van der Waals surface area contributed by atoms with Crippen LogP contribution in [0.15, 0.2) is 24.3 Å². The van der Waals surface area contributed by atoms with E-state index in [1.165, 1.54) is 25.0 Å². The summed E-state index contributed by atoms with van der Waals surface area (Å²) in [5.41, 5.74) is 6.38. The maximum absolute atomic E-state index is 13.0. The molecule has 0 aromatic heterocycles. The molecule has 0 bridgehead atoms. The van der Waals surface area contributed by atoms with Gasteiger partial charge in [0.15, 0.2) is 0 Å². The van der Waals surface area contributed by atoms with Crippen molar-refractivity contribution in [3.8, 4) is 0 Å². The van der Waals surface area contributed by atoms with Crippen molar-refractivity contribution in [3.63, 3.8) is 0 Å². The number of nitrogens with two attached hydrogens (primary N) is 1. The lowest BCUT2D eigenvalue weighted by atomic mass is 10.2. The molecule has 1 aromatic carbocycles. The molecule has 2 rings (SSSR count). The Labute approximate surface area is 119 Å². The average molecular weight is 279 g/mol. The van der Waals surface area contributed by atoms with Gasteiger partial charge in [0, 0.05) is 18.8 Å². The monoisotopic (exact) mass is 279 g/mol. The van der Waals surface area contributed by atoms with E-state index in [4.69, 9.17) is 5.73 Å². The molecular formula is C15H22FN3O. The highest BCUT2D eigenvalue weighted by molar-refractivity contribution is 5.81. The molecule has 0 unspecified atom stereocenters. The summed E-state index contributed by atoms with van der Waals surface area (Å²) in [7, 11) is 0. The minimum absolute atomic E-state index is 0.0123. The number of hydrogen-bond donors (Lipinski definition) is 2. The molecule has 5 heteroatoms. The fourth-order valence-electron chi connectivity index (χ4n) is 2.04. The van der Waals surface area contributed by atoms with Crippen LogP contribution in [0.4, 0.5) is 10.1 Å². The van der Waals surface area contributed by atoms with Gasteiger partial charge in [-0.3, -0.25) is 4.79 Å². The van der Waals surface area contributed by atoms with Crippen molar-refractivity contribution in [2.24, 2.45) is 11.7 Å². The lowest BCUT2D eigenvalue weighted by Gasteiger charge is -2.24. The summed E-state index contributed by atoms with van der Waals surface area (Å²) < 4.78 is 13.0. The third kappa shape index (κ3) is 4.81. The van der Waals surface area contributed by atoms with Crippen molar-refractivity contribution >= 4 is 11.6 Å². The van der Waals surface area contributed by atoms with E-state index in [1.54, 1.807) is 12.1 Å². The number of carbonyl (C=O) groups excluding carboxylic acids is 1. The molecule has 1 saturated carbocycles. The summed E-state index contributed by atoms with van der Waals surface area (Å²) in [5.74, 6) is 0.409. The van der Waals surface area contributed by atoms with Gasteiger partial charge < -0.3 is 16.0 Å². The van der Waals surface area contributed by atoms with Gasteiger partial charge in [-0.15, -0.1) is 0 Å². The van der Waals surface area contributed by atoms with E-state index in [-0.39, 0.29) is 11.7 Å². The smallest absolute Gasteiger partial charge is 0.239 e. The lowest BCUT2D eigenvalue weighted by molar-refractivity contribution is -0.119. The number of halogens is 1. The van der Waals surface area contributed by atoms with Gasteiger partial charge in [-0.2, -0.15) is 0 Å². The maximum Gasteiger partial charge on any atom is 0.239 e. The molecule has 0 heterocycles. The molecule has 1 aliphatic rings. The number of nitrogens with zero attached hydrogens (tertiary/aromatic N) is 1. The second-order valence-corrected chi connectivity index (χ2v) is 5.29. The van der Waals surface area contributed by atoms with Crippen LogP contribution in [0, 0.1) is 11.7 Å². The van der Waals surface area contributed by atoms with Crippen LogP contribution < -0.4 is 16.0 Å². The zero-order chi connectivity index (χ0) is 14.4. The van der Waals surface area contributed by atoms with Crippen LogP contribution in [0.5, 0.6) is 0 Å². The summed E-state index contributed by atoms with van der Waals surface area (Å²) in [6.45, 7) is 2.33. The maximum atomic E-state index is 13.0. The molecule has 20 heavy (non-hydrogen) atoms. The van der Waals surface area contributed by atoms with Gasteiger partial charge in [0.05, 0.1) is 6.54 Å². The van der Waals surface area contributed by atoms with E-state index in [0.29, 0.717) is 25.6 Å². The first-order chi connectivity index (χ1) is 9.69. The van der Waals surface area contributed by atoms with Crippen LogP contribution in [-0.4, -0.2) is 32.1 Å². The number of anilines is 1. The molecule has 0 aliphatic heterocycles. The fourth-order valence-corrected chi connectivity index (χ4v) is 2.04. The summed E-state index contributed by atoms with van der Waals surface area (Å²) >= 11 is 0. The number of amides is 1. The molecule has 0 spiro atoms. The normalized spacial score (nSPS) is 14.1. The second-order valence-electron chi connectivity index (χ2n) is 5.29. The second kappa shape index (κ2) is 7.24. The Morgan fingerprint density at radius 2 is 2.05 bits per heavy atom. The van der Waals surface area contributed by atoms with E-state index < -0.39 is 0 Å². The first-order valence-corrected chi connectivity index (χ1v) is 7.16. The molecule has 110 valence electrons. The van der Waals surface area contributed by atoms with Gasteiger partial charge in [-0.1, -0.05) is 0 Å². The minimum atomic E-state index is -0.272. The number of carbonyl (C=O) groups is 1. The van der Waals surface area contributed by atoms with Gasteiger partial charge in [-0.25, -0.2) is 4.39 Å². The lowest BCUT2D eigenvalue weighted by Crippen LogP contribution is -2.39. The van der Waals surface area contributed by atoms with Crippen molar-refractivity contribution < 1.29 is 9.18 Å². The Kier molecular flexibility index (Phi) is 5.35.